The maximum atomic E-state index is 12.8. The summed E-state index contributed by atoms with van der Waals surface area (Å²) < 4.78 is 63.8. The van der Waals surface area contributed by atoms with E-state index < -0.39 is 63.0 Å². The number of nitrogens with one attached hydrogen (secondary N) is 2. The van der Waals surface area contributed by atoms with Crippen molar-refractivity contribution >= 4 is 33.4 Å². The van der Waals surface area contributed by atoms with Gasteiger partial charge in [-0.25, -0.2) is 8.42 Å². The lowest BCUT2D eigenvalue weighted by Gasteiger charge is -2.18. The van der Waals surface area contributed by atoms with Gasteiger partial charge in [0.15, 0.2) is 9.84 Å². The topological polar surface area (TPSA) is 116 Å². The van der Waals surface area contributed by atoms with Gasteiger partial charge in [0.2, 0.25) is 5.91 Å². The van der Waals surface area contributed by atoms with E-state index in [1.165, 1.54) is 30.3 Å². The van der Waals surface area contributed by atoms with Crippen molar-refractivity contribution in [2.45, 2.75) is 22.2 Å². The van der Waals surface area contributed by atoms with Gasteiger partial charge in [-0.3, -0.25) is 9.59 Å². The number of amides is 2. The summed E-state index contributed by atoms with van der Waals surface area (Å²) in [6.45, 7) is -0.415. The second-order valence-corrected chi connectivity index (χ2v) is 9.69. The third-order valence-corrected chi connectivity index (χ3v) is 6.44. The van der Waals surface area contributed by atoms with Gasteiger partial charge in [-0.15, -0.1) is 0 Å². The third-order valence-electron chi connectivity index (χ3n) is 3.99. The van der Waals surface area contributed by atoms with Crippen LogP contribution >= 0.6 is 11.8 Å². The molecule has 2 aromatic rings. The fourth-order valence-corrected chi connectivity index (χ4v) is 5.01. The normalized spacial score (nSPS) is 12.4. The summed E-state index contributed by atoms with van der Waals surface area (Å²) in [5, 5.41) is 13.1. The molecule has 0 saturated carbocycles. The molecule has 0 aliphatic heterocycles. The Labute approximate surface area is 186 Å². The Kier molecular flexibility index (Phi) is 8.68. The van der Waals surface area contributed by atoms with Crippen LogP contribution in [0.15, 0.2) is 59.5 Å². The average Bonchev–Trinajstić information content (AvgIpc) is 2.72. The van der Waals surface area contributed by atoms with Gasteiger partial charge < -0.3 is 10.6 Å². The number of alkyl halides is 3. The van der Waals surface area contributed by atoms with Crippen molar-refractivity contribution in [3.05, 3.63) is 65.7 Å². The molecule has 7 nitrogen and oxygen atoms in total. The second-order valence-electron chi connectivity index (χ2n) is 6.48. The number of nitrogens with zero attached hydrogens (tertiary/aromatic N) is 1. The molecule has 2 amide bonds. The molecule has 0 heterocycles. The van der Waals surface area contributed by atoms with E-state index in [0.29, 0.717) is 0 Å². The molecule has 0 aliphatic carbocycles. The number of hydrogen-bond donors (Lipinski definition) is 2. The number of hydrogen-bond acceptors (Lipinski definition) is 6. The summed E-state index contributed by atoms with van der Waals surface area (Å²) in [7, 11) is -4.15. The number of rotatable bonds is 9. The van der Waals surface area contributed by atoms with Crippen molar-refractivity contribution in [3.8, 4) is 6.07 Å². The second kappa shape index (κ2) is 11.0. The number of thioether (sulfide) groups is 1. The summed E-state index contributed by atoms with van der Waals surface area (Å²) in [5.41, 5.74) is -4.52. The molecule has 2 rings (SSSR count). The number of sulfone groups is 1. The Bertz CT molecular complexity index is 1100. The predicted molar refractivity (Wildman–Crippen MR) is 112 cm³/mol. The average molecular weight is 486 g/mol. The molecule has 0 fully saturated rings. The van der Waals surface area contributed by atoms with Crippen LogP contribution < -0.4 is 10.6 Å². The monoisotopic (exact) mass is 485 g/mol. The molecule has 170 valence electrons. The molecule has 0 saturated heterocycles. The first-order valence-corrected chi connectivity index (χ1v) is 11.7. The summed E-state index contributed by atoms with van der Waals surface area (Å²) >= 11 is -0.437. The van der Waals surface area contributed by atoms with Crippen LogP contribution in [0.2, 0.25) is 0 Å². The van der Waals surface area contributed by atoms with Crippen molar-refractivity contribution in [1.82, 2.24) is 10.6 Å². The van der Waals surface area contributed by atoms with E-state index >= 15 is 0 Å². The quantitative estimate of drug-likeness (QED) is 0.417. The molecule has 0 aliphatic rings. The number of halogens is 3. The van der Waals surface area contributed by atoms with E-state index in [2.05, 4.69) is 10.6 Å². The van der Waals surface area contributed by atoms with E-state index in [0.717, 1.165) is 6.07 Å². The van der Waals surface area contributed by atoms with Crippen molar-refractivity contribution in [3.63, 3.8) is 0 Å². The highest BCUT2D eigenvalue weighted by Crippen LogP contribution is 2.38. The zero-order valence-electron chi connectivity index (χ0n) is 16.4. The van der Waals surface area contributed by atoms with Gasteiger partial charge in [0.25, 0.3) is 5.91 Å². The molecule has 12 heteroatoms. The van der Waals surface area contributed by atoms with Crippen LogP contribution in [0.25, 0.3) is 0 Å². The lowest BCUT2D eigenvalue weighted by Crippen LogP contribution is -2.50. The Balaban J connectivity index is 2.23. The SMILES string of the molecule is N#CCNC(=O)[C@H](CS(=O)(=O)Cc1ccccc1SC(F)(F)F)NC(=O)c1ccccc1. The van der Waals surface area contributed by atoms with Crippen LogP contribution in [0, 0.1) is 11.3 Å². The summed E-state index contributed by atoms with van der Waals surface area (Å²) in [6.07, 6.45) is 0. The standard InChI is InChI=1S/C20H18F3N3O4S2/c21-20(22,23)31-17-9-5-4-8-15(17)12-32(29,30)13-16(19(28)25-11-10-24)26-18(27)14-6-2-1-3-7-14/h1-9,16H,11-13H2,(H,25,28)(H,26,27)/t16-/m0/s1. The molecule has 32 heavy (non-hydrogen) atoms. The lowest BCUT2D eigenvalue weighted by molar-refractivity contribution is -0.122. The van der Waals surface area contributed by atoms with Crippen LogP contribution in [0.1, 0.15) is 15.9 Å². The minimum Gasteiger partial charge on any atom is -0.341 e. The van der Waals surface area contributed by atoms with Crippen LogP contribution in [0.4, 0.5) is 13.2 Å². The maximum Gasteiger partial charge on any atom is 0.446 e. The molecule has 0 bridgehead atoms. The predicted octanol–water partition coefficient (Wildman–Crippen LogP) is 2.65. The number of benzene rings is 2. The summed E-state index contributed by atoms with van der Waals surface area (Å²) in [6, 6.07) is 13.0. The molecule has 2 aromatic carbocycles. The Hall–Kier alpha value is -3.04. The molecular formula is C20H18F3N3O4S2. The molecule has 1 atom stereocenters. The lowest BCUT2D eigenvalue weighted by atomic mass is 10.2. The number of nitriles is 1. The van der Waals surface area contributed by atoms with E-state index in [4.69, 9.17) is 5.26 Å². The largest absolute Gasteiger partial charge is 0.446 e. The highest BCUT2D eigenvalue weighted by molar-refractivity contribution is 8.00. The molecular weight excluding hydrogens is 467 g/mol. The minimum absolute atomic E-state index is 0.0830. The van der Waals surface area contributed by atoms with Crippen LogP contribution in [0.3, 0.4) is 0 Å². The molecule has 0 spiro atoms. The van der Waals surface area contributed by atoms with Crippen molar-refractivity contribution in [2.24, 2.45) is 0 Å². The molecule has 0 radical (unpaired) electrons. The van der Waals surface area contributed by atoms with E-state index in [-0.39, 0.29) is 16.0 Å². The van der Waals surface area contributed by atoms with Crippen molar-refractivity contribution < 1.29 is 31.2 Å². The third kappa shape index (κ3) is 8.24. The van der Waals surface area contributed by atoms with Gasteiger partial charge in [0, 0.05) is 10.5 Å². The number of carbonyl (C=O) groups is 2. The highest BCUT2D eigenvalue weighted by Gasteiger charge is 2.32. The number of carbonyl (C=O) groups excluding carboxylic acids is 2. The highest BCUT2D eigenvalue weighted by atomic mass is 32.2. The summed E-state index contributed by atoms with van der Waals surface area (Å²) in [4.78, 5) is 24.5. The zero-order chi connectivity index (χ0) is 23.8. The fourth-order valence-electron chi connectivity index (χ4n) is 2.66. The van der Waals surface area contributed by atoms with Gasteiger partial charge in [0.05, 0.1) is 17.6 Å². The minimum atomic E-state index is -4.61. The Morgan fingerprint density at radius 1 is 1.06 bits per heavy atom. The van der Waals surface area contributed by atoms with E-state index in [9.17, 15) is 31.2 Å². The van der Waals surface area contributed by atoms with Gasteiger partial charge in [-0.1, -0.05) is 36.4 Å². The first-order valence-electron chi connectivity index (χ1n) is 9.05. The Morgan fingerprint density at radius 3 is 2.31 bits per heavy atom. The van der Waals surface area contributed by atoms with Gasteiger partial charge in [-0.05, 0) is 35.5 Å². The van der Waals surface area contributed by atoms with Crippen LogP contribution in [-0.2, 0) is 20.4 Å². The van der Waals surface area contributed by atoms with Crippen LogP contribution in [0.5, 0.6) is 0 Å². The molecule has 2 N–H and O–H groups in total. The van der Waals surface area contributed by atoms with Gasteiger partial charge in [-0.2, -0.15) is 18.4 Å². The van der Waals surface area contributed by atoms with E-state index in [1.807, 2.05) is 0 Å². The Morgan fingerprint density at radius 2 is 1.69 bits per heavy atom. The van der Waals surface area contributed by atoms with Gasteiger partial charge >= 0.3 is 5.51 Å². The first kappa shape index (κ1) is 25.2. The smallest absolute Gasteiger partial charge is 0.341 e. The molecule has 0 unspecified atom stereocenters. The fraction of sp³-hybridized carbons (Fsp3) is 0.250. The maximum absolute atomic E-state index is 12.8. The van der Waals surface area contributed by atoms with Crippen LogP contribution in [-0.4, -0.2) is 44.1 Å². The van der Waals surface area contributed by atoms with Crippen molar-refractivity contribution in [2.75, 3.05) is 12.3 Å². The first-order chi connectivity index (χ1) is 15.0. The van der Waals surface area contributed by atoms with E-state index in [1.54, 1.807) is 24.3 Å². The van der Waals surface area contributed by atoms with Crippen molar-refractivity contribution in [1.29, 1.82) is 5.26 Å². The summed E-state index contributed by atoms with van der Waals surface area (Å²) in [5.74, 6) is -3.26. The van der Waals surface area contributed by atoms with Gasteiger partial charge in [0.1, 0.15) is 12.6 Å². The zero-order valence-corrected chi connectivity index (χ0v) is 18.1. The molecule has 0 aromatic heterocycles.